The molecular weight excluding hydrogens is 194 g/mol. The number of carboxylic acid groups (broad SMARTS) is 1. The Morgan fingerprint density at radius 1 is 1.60 bits per heavy atom. The molecule has 0 aromatic carbocycles. The Morgan fingerprint density at radius 3 is 2.60 bits per heavy atom. The first-order valence-corrected chi connectivity index (χ1v) is 5.07. The first-order chi connectivity index (χ1) is 7.10. The van der Waals surface area contributed by atoms with Crippen LogP contribution in [0.1, 0.15) is 30.4 Å². The zero-order valence-electron chi connectivity index (χ0n) is 8.91. The molecule has 1 aliphatic carbocycles. The van der Waals surface area contributed by atoms with Gasteiger partial charge in [0.15, 0.2) is 0 Å². The summed E-state index contributed by atoms with van der Waals surface area (Å²) in [5, 5.41) is 12.2. The van der Waals surface area contributed by atoms with E-state index in [1.54, 1.807) is 7.05 Å². The van der Waals surface area contributed by atoms with Gasteiger partial charge < -0.3 is 14.8 Å². The van der Waals surface area contributed by atoms with Gasteiger partial charge in [-0.05, 0) is 38.9 Å². The van der Waals surface area contributed by atoms with E-state index in [1.807, 2.05) is 19.1 Å². The maximum absolute atomic E-state index is 11.2. The van der Waals surface area contributed by atoms with Crippen LogP contribution in [0.25, 0.3) is 0 Å². The van der Waals surface area contributed by atoms with Crippen molar-refractivity contribution in [3.63, 3.8) is 0 Å². The average molecular weight is 209 g/mol. The number of carbonyl (C=O) groups is 1. The van der Waals surface area contributed by atoms with Crippen molar-refractivity contribution < 1.29 is 14.3 Å². The summed E-state index contributed by atoms with van der Waals surface area (Å²) >= 11 is 0. The standard InChI is InChI=1S/C11H15NO3/c1-7-3-4-8(15-7)9(12-2)11(5-6-11)10(13)14/h3-4,9,12H,5-6H2,1-2H3,(H,13,14). The molecule has 2 N–H and O–H groups in total. The van der Waals surface area contributed by atoms with Gasteiger partial charge in [-0.2, -0.15) is 0 Å². The summed E-state index contributed by atoms with van der Waals surface area (Å²) in [6, 6.07) is 3.49. The van der Waals surface area contributed by atoms with Crippen molar-refractivity contribution in [1.82, 2.24) is 5.32 Å². The minimum absolute atomic E-state index is 0.219. The molecule has 15 heavy (non-hydrogen) atoms. The molecule has 0 spiro atoms. The number of furan rings is 1. The highest BCUT2D eigenvalue weighted by molar-refractivity contribution is 5.79. The summed E-state index contributed by atoms with van der Waals surface area (Å²) in [4.78, 5) is 11.2. The molecule has 82 valence electrons. The molecule has 1 unspecified atom stereocenters. The quantitative estimate of drug-likeness (QED) is 0.792. The maximum Gasteiger partial charge on any atom is 0.311 e. The smallest absolute Gasteiger partial charge is 0.311 e. The number of hydrogen-bond acceptors (Lipinski definition) is 3. The molecule has 0 radical (unpaired) electrons. The monoisotopic (exact) mass is 209 g/mol. The predicted octanol–water partition coefficient (Wildman–Crippen LogP) is 1.71. The van der Waals surface area contributed by atoms with Crippen molar-refractivity contribution in [3.05, 3.63) is 23.7 Å². The molecule has 4 nitrogen and oxygen atoms in total. The topological polar surface area (TPSA) is 62.5 Å². The summed E-state index contributed by atoms with van der Waals surface area (Å²) in [6.07, 6.45) is 1.43. The molecule has 0 bridgehead atoms. The van der Waals surface area contributed by atoms with E-state index >= 15 is 0 Å². The molecule has 0 aliphatic heterocycles. The van der Waals surface area contributed by atoms with Crippen molar-refractivity contribution in [2.24, 2.45) is 5.41 Å². The highest BCUT2D eigenvalue weighted by Gasteiger charge is 2.57. The number of aryl methyl sites for hydroxylation is 1. The van der Waals surface area contributed by atoms with Gasteiger partial charge in [-0.3, -0.25) is 4.79 Å². The zero-order valence-corrected chi connectivity index (χ0v) is 8.91. The highest BCUT2D eigenvalue weighted by Crippen LogP contribution is 2.55. The van der Waals surface area contributed by atoms with Crippen molar-refractivity contribution >= 4 is 5.97 Å². The van der Waals surface area contributed by atoms with Crippen molar-refractivity contribution in [2.75, 3.05) is 7.05 Å². The second-order valence-corrected chi connectivity index (χ2v) is 4.13. The third-order valence-corrected chi connectivity index (χ3v) is 3.10. The van der Waals surface area contributed by atoms with Crippen molar-refractivity contribution in [2.45, 2.75) is 25.8 Å². The van der Waals surface area contributed by atoms with Gasteiger partial charge in [-0.1, -0.05) is 0 Å². The van der Waals surface area contributed by atoms with Crippen LogP contribution >= 0.6 is 0 Å². The number of nitrogens with one attached hydrogen (secondary N) is 1. The van der Waals surface area contributed by atoms with Gasteiger partial charge in [-0.15, -0.1) is 0 Å². The molecule has 2 rings (SSSR count). The summed E-state index contributed by atoms with van der Waals surface area (Å²) in [6.45, 7) is 1.86. The highest BCUT2D eigenvalue weighted by atomic mass is 16.4. The minimum atomic E-state index is -0.740. The Labute approximate surface area is 88.3 Å². The maximum atomic E-state index is 11.2. The summed E-state index contributed by atoms with van der Waals surface area (Å²) in [5.41, 5.74) is -0.654. The lowest BCUT2D eigenvalue weighted by atomic mass is 9.94. The Kier molecular flexibility index (Phi) is 2.31. The van der Waals surface area contributed by atoms with E-state index in [-0.39, 0.29) is 6.04 Å². The summed E-state index contributed by atoms with van der Waals surface area (Å²) < 4.78 is 5.49. The van der Waals surface area contributed by atoms with Gasteiger partial charge in [0.25, 0.3) is 0 Å². The fraction of sp³-hybridized carbons (Fsp3) is 0.545. The average Bonchev–Trinajstić information content (AvgIpc) is 2.87. The largest absolute Gasteiger partial charge is 0.481 e. The van der Waals surface area contributed by atoms with Crippen molar-refractivity contribution in [1.29, 1.82) is 0 Å². The number of hydrogen-bond donors (Lipinski definition) is 2. The van der Waals surface area contributed by atoms with E-state index in [0.29, 0.717) is 12.8 Å². The van der Waals surface area contributed by atoms with Gasteiger partial charge >= 0.3 is 5.97 Å². The molecule has 0 amide bonds. The third kappa shape index (κ3) is 1.55. The summed E-state index contributed by atoms with van der Waals surface area (Å²) in [5.74, 6) is 0.789. The zero-order chi connectivity index (χ0) is 11.1. The van der Waals surface area contributed by atoms with Gasteiger partial charge in [0.2, 0.25) is 0 Å². The van der Waals surface area contributed by atoms with Crippen LogP contribution in [0.5, 0.6) is 0 Å². The number of aliphatic carboxylic acids is 1. The van der Waals surface area contributed by atoms with Gasteiger partial charge in [0.05, 0.1) is 11.5 Å². The third-order valence-electron chi connectivity index (χ3n) is 3.10. The minimum Gasteiger partial charge on any atom is -0.481 e. The first-order valence-electron chi connectivity index (χ1n) is 5.07. The van der Waals surface area contributed by atoms with E-state index in [4.69, 9.17) is 4.42 Å². The molecule has 1 aromatic rings. The predicted molar refractivity (Wildman–Crippen MR) is 54.5 cm³/mol. The molecule has 4 heteroatoms. The van der Waals surface area contributed by atoms with Gasteiger partial charge in [0.1, 0.15) is 11.5 Å². The van der Waals surface area contributed by atoms with Crippen LogP contribution in [0.15, 0.2) is 16.5 Å². The molecule has 1 aliphatic rings. The van der Waals surface area contributed by atoms with E-state index in [1.165, 1.54) is 0 Å². The van der Waals surface area contributed by atoms with Crippen LogP contribution in [0.3, 0.4) is 0 Å². The molecule has 0 saturated heterocycles. The summed E-state index contributed by atoms with van der Waals surface area (Å²) in [7, 11) is 1.77. The van der Waals surface area contributed by atoms with Crippen LogP contribution in [-0.4, -0.2) is 18.1 Å². The molecule has 1 atom stereocenters. The van der Waals surface area contributed by atoms with Gasteiger partial charge in [0, 0.05) is 0 Å². The number of rotatable bonds is 4. The second kappa shape index (κ2) is 3.38. The van der Waals surface area contributed by atoms with Crippen LogP contribution in [-0.2, 0) is 4.79 Å². The lowest BCUT2D eigenvalue weighted by Crippen LogP contribution is -2.32. The number of carboxylic acids is 1. The van der Waals surface area contributed by atoms with Crippen LogP contribution in [0.2, 0.25) is 0 Å². The molecule has 1 saturated carbocycles. The Bertz CT molecular complexity index is 379. The lowest BCUT2D eigenvalue weighted by molar-refractivity contribution is -0.144. The molecule has 1 heterocycles. The van der Waals surface area contributed by atoms with E-state index in [0.717, 1.165) is 11.5 Å². The Morgan fingerprint density at radius 2 is 2.27 bits per heavy atom. The van der Waals surface area contributed by atoms with Crippen molar-refractivity contribution in [3.8, 4) is 0 Å². The van der Waals surface area contributed by atoms with Crippen LogP contribution in [0, 0.1) is 12.3 Å². The Hall–Kier alpha value is -1.29. The first kappa shape index (κ1) is 10.2. The normalized spacial score (nSPS) is 19.9. The van der Waals surface area contributed by atoms with Crippen LogP contribution < -0.4 is 5.32 Å². The van der Waals surface area contributed by atoms with E-state index < -0.39 is 11.4 Å². The second-order valence-electron chi connectivity index (χ2n) is 4.13. The van der Waals surface area contributed by atoms with Crippen LogP contribution in [0.4, 0.5) is 0 Å². The van der Waals surface area contributed by atoms with E-state index in [2.05, 4.69) is 5.32 Å². The SMILES string of the molecule is CNC(c1ccc(C)o1)C1(C(=O)O)CC1. The van der Waals surface area contributed by atoms with Gasteiger partial charge in [-0.25, -0.2) is 0 Å². The fourth-order valence-corrected chi connectivity index (χ4v) is 2.06. The lowest BCUT2D eigenvalue weighted by Gasteiger charge is -2.20. The fourth-order valence-electron chi connectivity index (χ4n) is 2.06. The molecular formula is C11H15NO3. The molecule has 1 fully saturated rings. The Balaban J connectivity index is 2.29. The molecule has 1 aromatic heterocycles. The van der Waals surface area contributed by atoms with E-state index in [9.17, 15) is 9.90 Å².